The van der Waals surface area contributed by atoms with Gasteiger partial charge in [0.2, 0.25) is 0 Å². The van der Waals surface area contributed by atoms with Gasteiger partial charge in [0.25, 0.3) is 0 Å². The molecule has 1 heterocycles. The van der Waals surface area contributed by atoms with Crippen LogP contribution in [0.25, 0.3) is 53.6 Å². The maximum absolute atomic E-state index is 3.84. The standard InChI is InChI=1S/C59H54N2S/c1-57(2,3)39-35-47(58(4,5)6)56-48(36-39)59(7,8)46-29-19-28-44(54(46)56)43-26-13-16-31-50(43)61(51-32-20-34-53-55(51)45-27-14-17-33-52(45)62-53)41-24-18-23-40(37-41)60-49-30-15-12-25-42(49)38-21-10-9-11-22-38/h9-37,60H,1-8H3. The Morgan fingerprint density at radius 2 is 1.15 bits per heavy atom. The summed E-state index contributed by atoms with van der Waals surface area (Å²) in [6, 6.07) is 64.9. The molecule has 9 aromatic rings. The largest absolute Gasteiger partial charge is 0.355 e. The molecule has 1 aromatic heterocycles. The minimum absolute atomic E-state index is 0.0235. The molecule has 1 N–H and O–H groups in total. The first-order valence-electron chi connectivity index (χ1n) is 21.9. The highest BCUT2D eigenvalue weighted by atomic mass is 32.1. The summed E-state index contributed by atoms with van der Waals surface area (Å²) < 4.78 is 2.57. The van der Waals surface area contributed by atoms with Crippen LogP contribution in [-0.4, -0.2) is 0 Å². The molecule has 2 nitrogen and oxygen atoms in total. The Hall–Kier alpha value is -6.42. The highest BCUT2D eigenvalue weighted by Crippen LogP contribution is 2.57. The van der Waals surface area contributed by atoms with Gasteiger partial charge in [-0.05, 0) is 104 Å². The van der Waals surface area contributed by atoms with Gasteiger partial charge in [-0.2, -0.15) is 0 Å². The van der Waals surface area contributed by atoms with Gasteiger partial charge < -0.3 is 10.2 Å². The summed E-state index contributed by atoms with van der Waals surface area (Å²) in [7, 11) is 0. The van der Waals surface area contributed by atoms with E-state index in [1.165, 1.54) is 75.8 Å². The third-order valence-corrected chi connectivity index (χ3v) is 14.1. The second kappa shape index (κ2) is 14.9. The molecular weight excluding hydrogens is 769 g/mol. The van der Waals surface area contributed by atoms with Crippen molar-refractivity contribution in [3.63, 3.8) is 0 Å². The van der Waals surface area contributed by atoms with Crippen molar-refractivity contribution in [2.45, 2.75) is 71.6 Å². The van der Waals surface area contributed by atoms with E-state index < -0.39 is 0 Å². The van der Waals surface area contributed by atoms with Gasteiger partial charge in [-0.3, -0.25) is 0 Å². The van der Waals surface area contributed by atoms with Crippen molar-refractivity contribution in [2.75, 3.05) is 10.2 Å². The molecule has 1 aliphatic carbocycles. The quantitative estimate of drug-likeness (QED) is 0.172. The highest BCUT2D eigenvalue weighted by molar-refractivity contribution is 7.26. The van der Waals surface area contributed by atoms with Crippen molar-refractivity contribution >= 4 is 59.9 Å². The number of para-hydroxylation sites is 2. The van der Waals surface area contributed by atoms with Crippen LogP contribution in [0.1, 0.15) is 77.6 Å². The maximum Gasteiger partial charge on any atom is 0.0555 e. The number of rotatable bonds is 7. The number of anilines is 5. The molecule has 0 amide bonds. The van der Waals surface area contributed by atoms with E-state index in [1.54, 1.807) is 0 Å². The Balaban J connectivity index is 1.22. The van der Waals surface area contributed by atoms with Gasteiger partial charge in [-0.15, -0.1) is 11.3 Å². The van der Waals surface area contributed by atoms with Gasteiger partial charge in [-0.1, -0.05) is 183 Å². The Morgan fingerprint density at radius 1 is 0.500 bits per heavy atom. The predicted molar refractivity (Wildman–Crippen MR) is 270 cm³/mol. The lowest BCUT2D eigenvalue weighted by molar-refractivity contribution is 0.564. The zero-order valence-corrected chi connectivity index (χ0v) is 37.9. The van der Waals surface area contributed by atoms with Crippen LogP contribution in [0, 0.1) is 0 Å². The molecule has 10 rings (SSSR count). The molecule has 8 aromatic carbocycles. The second-order valence-corrected chi connectivity index (χ2v) is 20.6. The lowest BCUT2D eigenvalue weighted by atomic mass is 9.74. The Labute approximate surface area is 371 Å². The fourth-order valence-electron chi connectivity index (χ4n) is 9.73. The summed E-state index contributed by atoms with van der Waals surface area (Å²) in [4.78, 5) is 2.51. The molecular formula is C59H54N2S. The summed E-state index contributed by atoms with van der Waals surface area (Å²) in [5, 5.41) is 6.39. The van der Waals surface area contributed by atoms with E-state index in [-0.39, 0.29) is 16.2 Å². The number of fused-ring (bicyclic) bond motifs is 6. The summed E-state index contributed by atoms with van der Waals surface area (Å²) in [6.07, 6.45) is 0. The van der Waals surface area contributed by atoms with E-state index in [4.69, 9.17) is 0 Å². The van der Waals surface area contributed by atoms with Crippen LogP contribution in [0.5, 0.6) is 0 Å². The molecule has 0 fully saturated rings. The smallest absolute Gasteiger partial charge is 0.0555 e. The third-order valence-electron chi connectivity index (χ3n) is 12.9. The third kappa shape index (κ3) is 6.71. The van der Waals surface area contributed by atoms with Crippen molar-refractivity contribution < 1.29 is 0 Å². The molecule has 0 radical (unpaired) electrons. The van der Waals surface area contributed by atoms with Crippen LogP contribution in [0.15, 0.2) is 176 Å². The molecule has 0 aliphatic heterocycles. The summed E-state index contributed by atoms with van der Waals surface area (Å²) in [6.45, 7) is 19.0. The molecule has 0 spiro atoms. The zero-order valence-electron chi connectivity index (χ0n) is 37.1. The number of thiophene rings is 1. The van der Waals surface area contributed by atoms with Crippen LogP contribution in [0.2, 0.25) is 0 Å². The Kier molecular flexibility index (Phi) is 9.53. The summed E-state index contributed by atoms with van der Waals surface area (Å²) in [5.74, 6) is 0. The van der Waals surface area contributed by atoms with Gasteiger partial charge in [0.1, 0.15) is 0 Å². The van der Waals surface area contributed by atoms with Gasteiger partial charge in [0, 0.05) is 53.8 Å². The van der Waals surface area contributed by atoms with Crippen LogP contribution < -0.4 is 10.2 Å². The zero-order chi connectivity index (χ0) is 43.0. The van der Waals surface area contributed by atoms with Gasteiger partial charge in [-0.25, -0.2) is 0 Å². The topological polar surface area (TPSA) is 15.3 Å². The second-order valence-electron chi connectivity index (χ2n) is 19.5. The number of hydrogen-bond acceptors (Lipinski definition) is 3. The molecule has 62 heavy (non-hydrogen) atoms. The van der Waals surface area contributed by atoms with E-state index in [1.807, 2.05) is 11.3 Å². The number of benzene rings is 8. The average Bonchev–Trinajstić information content (AvgIpc) is 3.76. The Bertz CT molecular complexity index is 3150. The van der Waals surface area contributed by atoms with Crippen LogP contribution in [-0.2, 0) is 16.2 Å². The van der Waals surface area contributed by atoms with Crippen molar-refractivity contribution in [3.8, 4) is 33.4 Å². The molecule has 0 atom stereocenters. The lowest BCUT2D eigenvalue weighted by Crippen LogP contribution is -2.21. The fourth-order valence-corrected chi connectivity index (χ4v) is 10.9. The minimum atomic E-state index is -0.173. The molecule has 306 valence electrons. The van der Waals surface area contributed by atoms with Crippen LogP contribution >= 0.6 is 11.3 Å². The van der Waals surface area contributed by atoms with Crippen LogP contribution in [0.3, 0.4) is 0 Å². The Morgan fingerprint density at radius 3 is 1.94 bits per heavy atom. The SMILES string of the molecule is CC(C)(C)c1cc(C(C)(C)C)c2c(c1)C(C)(C)c1cccc(-c3ccccc3N(c3cccc(Nc4ccccc4-c4ccccc4)c3)c3cccc4sc5ccccc5c34)c1-2. The van der Waals surface area contributed by atoms with Crippen molar-refractivity contribution in [1.29, 1.82) is 0 Å². The fraction of sp³-hybridized carbons (Fsp3) is 0.186. The van der Waals surface area contributed by atoms with E-state index >= 15 is 0 Å². The predicted octanol–water partition coefficient (Wildman–Crippen LogP) is 17.5. The average molecular weight is 823 g/mol. The highest BCUT2D eigenvalue weighted by Gasteiger charge is 2.41. The normalized spacial score (nSPS) is 13.3. The molecule has 1 aliphatic rings. The molecule has 0 bridgehead atoms. The lowest BCUT2D eigenvalue weighted by Gasteiger charge is -2.31. The molecule has 3 heteroatoms. The van der Waals surface area contributed by atoms with E-state index in [9.17, 15) is 0 Å². The van der Waals surface area contributed by atoms with Gasteiger partial charge in [0.15, 0.2) is 0 Å². The number of hydrogen-bond donors (Lipinski definition) is 1. The molecule has 0 unspecified atom stereocenters. The van der Waals surface area contributed by atoms with Crippen molar-refractivity contribution in [2.24, 2.45) is 0 Å². The first kappa shape index (κ1) is 39.7. The first-order valence-corrected chi connectivity index (χ1v) is 22.8. The van der Waals surface area contributed by atoms with Crippen LogP contribution in [0.4, 0.5) is 28.4 Å². The van der Waals surface area contributed by atoms with Gasteiger partial charge >= 0.3 is 0 Å². The number of nitrogens with one attached hydrogen (secondary N) is 1. The monoisotopic (exact) mass is 822 g/mol. The number of nitrogens with zero attached hydrogens (tertiary/aromatic N) is 1. The first-order chi connectivity index (χ1) is 29.8. The summed E-state index contributed by atoms with van der Waals surface area (Å²) in [5.41, 5.74) is 18.5. The summed E-state index contributed by atoms with van der Waals surface area (Å²) >= 11 is 1.86. The van der Waals surface area contributed by atoms with Crippen molar-refractivity contribution in [1.82, 2.24) is 0 Å². The molecule has 0 saturated heterocycles. The van der Waals surface area contributed by atoms with Crippen molar-refractivity contribution in [3.05, 3.63) is 198 Å². The minimum Gasteiger partial charge on any atom is -0.355 e. The van der Waals surface area contributed by atoms with E-state index in [0.29, 0.717) is 0 Å². The van der Waals surface area contributed by atoms with Gasteiger partial charge in [0.05, 0.1) is 11.4 Å². The molecule has 0 saturated carbocycles. The van der Waals surface area contributed by atoms with E-state index in [2.05, 4.69) is 242 Å². The maximum atomic E-state index is 3.84. The van der Waals surface area contributed by atoms with E-state index in [0.717, 1.165) is 28.4 Å².